The van der Waals surface area contributed by atoms with E-state index in [2.05, 4.69) is 9.97 Å². The molecule has 0 spiro atoms. The van der Waals surface area contributed by atoms with Crippen LogP contribution in [0.15, 0.2) is 73.1 Å². The van der Waals surface area contributed by atoms with Crippen LogP contribution in [0.5, 0.6) is 0 Å². The molecule has 0 atom stereocenters. The quantitative estimate of drug-likeness (QED) is 0.550. The van der Waals surface area contributed by atoms with Crippen molar-refractivity contribution in [2.75, 3.05) is 0 Å². The minimum absolute atomic E-state index is 0.232. The number of nitrogens with zero attached hydrogens (tertiary/aromatic N) is 1. The van der Waals surface area contributed by atoms with Gasteiger partial charge in [0.2, 0.25) is 0 Å². The molecule has 2 aromatic carbocycles. The van der Waals surface area contributed by atoms with Crippen molar-refractivity contribution in [3.8, 4) is 22.4 Å². The van der Waals surface area contributed by atoms with Crippen LogP contribution in [0, 0.1) is 5.82 Å². The zero-order valence-corrected chi connectivity index (χ0v) is 11.8. The van der Waals surface area contributed by atoms with E-state index >= 15 is 0 Å². The number of hydrogen-bond donors (Lipinski definition) is 1. The molecular weight excluding hydrogens is 275 g/mol. The van der Waals surface area contributed by atoms with Gasteiger partial charge < -0.3 is 4.98 Å². The standard InChI is InChI=1S/C19H13FN2/c20-15-8-4-7-14(11-15)17-12-22-19-16(17)9-10-21-18(19)13-5-2-1-3-6-13/h1-12,22H. The summed E-state index contributed by atoms with van der Waals surface area (Å²) in [5.41, 5.74) is 4.76. The Morgan fingerprint density at radius 3 is 2.50 bits per heavy atom. The zero-order valence-electron chi connectivity index (χ0n) is 11.8. The molecule has 0 fully saturated rings. The van der Waals surface area contributed by atoms with E-state index in [1.165, 1.54) is 6.07 Å². The summed E-state index contributed by atoms with van der Waals surface area (Å²) in [5.74, 6) is -0.232. The molecule has 0 aliphatic heterocycles. The molecule has 0 aliphatic rings. The minimum Gasteiger partial charge on any atom is -0.359 e. The van der Waals surface area contributed by atoms with E-state index in [4.69, 9.17) is 0 Å². The third kappa shape index (κ3) is 2.07. The smallest absolute Gasteiger partial charge is 0.123 e. The van der Waals surface area contributed by atoms with Crippen molar-refractivity contribution in [2.45, 2.75) is 0 Å². The summed E-state index contributed by atoms with van der Waals surface area (Å²) >= 11 is 0. The summed E-state index contributed by atoms with van der Waals surface area (Å²) in [4.78, 5) is 7.78. The topological polar surface area (TPSA) is 28.7 Å². The molecule has 2 aromatic heterocycles. The molecule has 22 heavy (non-hydrogen) atoms. The number of aromatic nitrogens is 2. The van der Waals surface area contributed by atoms with Gasteiger partial charge in [0.05, 0.1) is 11.2 Å². The first kappa shape index (κ1) is 12.8. The van der Waals surface area contributed by atoms with Crippen LogP contribution in [-0.2, 0) is 0 Å². The first-order valence-corrected chi connectivity index (χ1v) is 7.10. The predicted octanol–water partition coefficient (Wildman–Crippen LogP) is 5.04. The Morgan fingerprint density at radius 2 is 1.68 bits per heavy atom. The van der Waals surface area contributed by atoms with E-state index in [-0.39, 0.29) is 5.82 Å². The van der Waals surface area contributed by atoms with E-state index in [9.17, 15) is 4.39 Å². The molecule has 0 amide bonds. The first-order valence-electron chi connectivity index (χ1n) is 7.10. The second-order valence-corrected chi connectivity index (χ2v) is 5.16. The van der Waals surface area contributed by atoms with Crippen molar-refractivity contribution >= 4 is 10.9 Å². The van der Waals surface area contributed by atoms with E-state index < -0.39 is 0 Å². The molecule has 0 unspecified atom stereocenters. The Balaban J connectivity index is 1.94. The minimum atomic E-state index is -0.232. The SMILES string of the molecule is Fc1cccc(-c2c[nH]c3c(-c4ccccc4)nccc23)c1. The van der Waals surface area contributed by atoms with Gasteiger partial charge in [0, 0.05) is 28.9 Å². The van der Waals surface area contributed by atoms with Crippen LogP contribution in [0.25, 0.3) is 33.3 Å². The molecule has 3 heteroatoms. The summed E-state index contributed by atoms with van der Waals surface area (Å²) in [6.07, 6.45) is 3.70. The molecule has 2 nitrogen and oxygen atoms in total. The summed E-state index contributed by atoms with van der Waals surface area (Å²) in [7, 11) is 0. The lowest BCUT2D eigenvalue weighted by Crippen LogP contribution is -1.85. The highest BCUT2D eigenvalue weighted by molar-refractivity contribution is 6.01. The van der Waals surface area contributed by atoms with Crippen molar-refractivity contribution in [1.82, 2.24) is 9.97 Å². The monoisotopic (exact) mass is 288 g/mol. The van der Waals surface area contributed by atoms with Gasteiger partial charge in [-0.3, -0.25) is 4.98 Å². The summed E-state index contributed by atoms with van der Waals surface area (Å²) < 4.78 is 13.5. The third-order valence-electron chi connectivity index (χ3n) is 3.78. The highest BCUT2D eigenvalue weighted by atomic mass is 19.1. The maximum Gasteiger partial charge on any atom is 0.123 e. The van der Waals surface area contributed by atoms with Gasteiger partial charge in [0.1, 0.15) is 5.82 Å². The molecule has 0 bridgehead atoms. The number of rotatable bonds is 2. The van der Waals surface area contributed by atoms with Crippen LogP contribution in [0.3, 0.4) is 0 Å². The average Bonchev–Trinajstić information content (AvgIpc) is 3.00. The fraction of sp³-hybridized carbons (Fsp3) is 0. The lowest BCUT2D eigenvalue weighted by atomic mass is 10.0. The van der Waals surface area contributed by atoms with Gasteiger partial charge in [-0.15, -0.1) is 0 Å². The van der Waals surface area contributed by atoms with Gasteiger partial charge in [-0.25, -0.2) is 4.39 Å². The van der Waals surface area contributed by atoms with Gasteiger partial charge in [-0.1, -0.05) is 42.5 Å². The number of halogens is 1. The Labute approximate surface area is 127 Å². The normalized spacial score (nSPS) is 11.0. The molecule has 0 saturated heterocycles. The molecule has 0 saturated carbocycles. The van der Waals surface area contributed by atoms with Gasteiger partial charge >= 0.3 is 0 Å². The molecular formula is C19H13FN2. The van der Waals surface area contributed by atoms with E-state index in [0.29, 0.717) is 0 Å². The number of hydrogen-bond acceptors (Lipinski definition) is 1. The second-order valence-electron chi connectivity index (χ2n) is 5.16. The maximum atomic E-state index is 13.5. The van der Waals surface area contributed by atoms with Gasteiger partial charge in [-0.05, 0) is 23.8 Å². The third-order valence-corrected chi connectivity index (χ3v) is 3.78. The van der Waals surface area contributed by atoms with Crippen molar-refractivity contribution in [3.05, 3.63) is 78.9 Å². The number of H-pyrrole nitrogens is 1. The average molecular weight is 288 g/mol. The van der Waals surface area contributed by atoms with E-state index in [0.717, 1.165) is 33.3 Å². The number of aromatic amines is 1. The van der Waals surface area contributed by atoms with Gasteiger partial charge in [-0.2, -0.15) is 0 Å². The first-order chi connectivity index (χ1) is 10.8. The Morgan fingerprint density at radius 1 is 0.864 bits per heavy atom. The fourth-order valence-electron chi connectivity index (χ4n) is 2.76. The molecule has 1 N–H and O–H groups in total. The summed E-state index contributed by atoms with van der Waals surface area (Å²) in [6, 6.07) is 18.6. The molecule has 106 valence electrons. The van der Waals surface area contributed by atoms with Crippen LogP contribution in [0.1, 0.15) is 0 Å². The Hall–Kier alpha value is -2.94. The predicted molar refractivity (Wildman–Crippen MR) is 86.9 cm³/mol. The zero-order chi connectivity index (χ0) is 14.9. The Bertz CT molecular complexity index is 942. The lowest BCUT2D eigenvalue weighted by Gasteiger charge is -2.03. The van der Waals surface area contributed by atoms with Crippen LogP contribution < -0.4 is 0 Å². The van der Waals surface area contributed by atoms with Crippen molar-refractivity contribution in [2.24, 2.45) is 0 Å². The lowest BCUT2D eigenvalue weighted by molar-refractivity contribution is 0.628. The number of pyridine rings is 1. The van der Waals surface area contributed by atoms with Gasteiger partial charge in [0.15, 0.2) is 0 Å². The summed E-state index contributed by atoms with van der Waals surface area (Å²) in [6.45, 7) is 0. The molecule has 4 rings (SSSR count). The molecule has 0 aliphatic carbocycles. The maximum absolute atomic E-state index is 13.5. The highest BCUT2D eigenvalue weighted by Gasteiger charge is 2.11. The van der Waals surface area contributed by atoms with Crippen LogP contribution in [-0.4, -0.2) is 9.97 Å². The Kier molecular flexibility index (Phi) is 2.97. The summed E-state index contributed by atoms with van der Waals surface area (Å²) in [5, 5.41) is 1.04. The fourth-order valence-corrected chi connectivity index (χ4v) is 2.76. The van der Waals surface area contributed by atoms with Crippen molar-refractivity contribution in [3.63, 3.8) is 0 Å². The van der Waals surface area contributed by atoms with E-state index in [1.54, 1.807) is 18.3 Å². The van der Waals surface area contributed by atoms with E-state index in [1.807, 2.05) is 48.7 Å². The molecule has 4 aromatic rings. The van der Waals surface area contributed by atoms with Crippen LogP contribution in [0.2, 0.25) is 0 Å². The van der Waals surface area contributed by atoms with Gasteiger partial charge in [0.25, 0.3) is 0 Å². The number of fused-ring (bicyclic) bond motifs is 1. The largest absolute Gasteiger partial charge is 0.359 e. The number of benzene rings is 2. The molecule has 2 heterocycles. The highest BCUT2D eigenvalue weighted by Crippen LogP contribution is 2.33. The molecule has 0 radical (unpaired) electrons. The van der Waals surface area contributed by atoms with Crippen LogP contribution >= 0.6 is 0 Å². The second kappa shape index (κ2) is 5.11. The number of nitrogens with one attached hydrogen (secondary N) is 1. The van der Waals surface area contributed by atoms with Crippen LogP contribution in [0.4, 0.5) is 4.39 Å². The van der Waals surface area contributed by atoms with Crippen molar-refractivity contribution in [1.29, 1.82) is 0 Å². The van der Waals surface area contributed by atoms with Crippen molar-refractivity contribution < 1.29 is 4.39 Å².